The minimum atomic E-state index is -1.56. The normalized spacial score (nSPS) is 26.2. The molecule has 4 amide bonds. The molecule has 0 spiro atoms. The van der Waals surface area contributed by atoms with Crippen molar-refractivity contribution in [3.8, 4) is 17.2 Å². The number of benzene rings is 4. The molecule has 10 nitrogen and oxygen atoms in total. The molecule has 2 heterocycles. The first kappa shape index (κ1) is 34.2. The van der Waals surface area contributed by atoms with Gasteiger partial charge in [0.15, 0.2) is 0 Å². The smallest absolute Gasteiger partial charge is 0.260 e. The van der Waals surface area contributed by atoms with Gasteiger partial charge in [-0.1, -0.05) is 78.7 Å². The van der Waals surface area contributed by atoms with E-state index >= 15 is 4.79 Å². The monoisotopic (exact) mass is 711 g/mol. The highest BCUT2D eigenvalue weighted by Crippen LogP contribution is 2.66. The Hall–Kier alpha value is -5.90. The van der Waals surface area contributed by atoms with E-state index in [1.807, 2.05) is 74.5 Å². The molecule has 2 aliphatic carbocycles. The molecule has 2 saturated heterocycles. The lowest BCUT2D eigenvalue weighted by atomic mass is 9.49. The van der Waals surface area contributed by atoms with Gasteiger partial charge >= 0.3 is 0 Å². The molecule has 53 heavy (non-hydrogen) atoms. The number of fused-ring (bicyclic) bond motifs is 4. The van der Waals surface area contributed by atoms with Crippen LogP contribution in [0.5, 0.6) is 17.2 Å². The van der Waals surface area contributed by atoms with Crippen LogP contribution in [0.3, 0.4) is 0 Å². The number of nitrogens with one attached hydrogen (secondary N) is 1. The molecule has 0 aromatic heterocycles. The SMILES string of the molecule is CCc1ccc(N2C(=O)C3CC=C4C(CC5C(=O)N(Nc6ccc(C)cc6)C(=O)C5(c5ccccc5)C4c4c(O)cc(OC)cc4OC)C3C2=O)cc1. The fraction of sp³-hybridized carbons (Fsp3) is 0.302. The topological polar surface area (TPSA) is 125 Å². The van der Waals surface area contributed by atoms with Crippen LogP contribution in [0, 0.1) is 30.6 Å². The molecule has 8 rings (SSSR count). The number of phenols is 1. The van der Waals surface area contributed by atoms with Crippen molar-refractivity contribution >= 4 is 35.0 Å². The Morgan fingerprint density at radius 3 is 2.23 bits per heavy atom. The zero-order valence-electron chi connectivity index (χ0n) is 30.0. The first-order chi connectivity index (χ1) is 25.6. The number of imide groups is 2. The largest absolute Gasteiger partial charge is 0.507 e. The standard InChI is InChI=1S/C43H41N3O7/c1-5-25-13-17-28(18-14-25)45-39(48)31-20-19-30-32(36(31)41(45)50)23-33-40(49)46(44-27-15-11-24(2)12-16-27)42(51)43(33,26-9-7-6-8-10-26)38(30)37-34(47)21-29(52-3)22-35(37)53-4/h6-19,21-22,31-33,36,38,44,47H,5,20,23H2,1-4H3. The first-order valence-corrected chi connectivity index (χ1v) is 18.0. The second-order valence-electron chi connectivity index (χ2n) is 14.4. The van der Waals surface area contributed by atoms with E-state index in [1.54, 1.807) is 30.3 Å². The van der Waals surface area contributed by atoms with E-state index in [0.29, 0.717) is 33.8 Å². The van der Waals surface area contributed by atoms with Crippen LogP contribution in [-0.2, 0) is 31.0 Å². The number of carbonyl (C=O) groups excluding carboxylic acids is 4. The molecule has 1 saturated carbocycles. The van der Waals surface area contributed by atoms with Crippen molar-refractivity contribution in [3.63, 3.8) is 0 Å². The summed E-state index contributed by atoms with van der Waals surface area (Å²) in [5.74, 6) is -5.09. The van der Waals surface area contributed by atoms with Gasteiger partial charge in [0.25, 0.3) is 11.8 Å². The fourth-order valence-electron chi connectivity index (χ4n) is 9.36. The molecule has 2 aliphatic heterocycles. The molecule has 2 N–H and O–H groups in total. The van der Waals surface area contributed by atoms with E-state index in [2.05, 4.69) is 5.43 Å². The Kier molecular flexibility index (Phi) is 8.36. The molecule has 4 aromatic rings. The molecule has 6 atom stereocenters. The molecule has 3 fully saturated rings. The van der Waals surface area contributed by atoms with Crippen LogP contribution in [-0.4, -0.2) is 48.0 Å². The van der Waals surface area contributed by atoms with Gasteiger partial charge in [-0.05, 0) is 67.5 Å². The van der Waals surface area contributed by atoms with Gasteiger partial charge in [0.2, 0.25) is 11.8 Å². The van der Waals surface area contributed by atoms with E-state index in [0.717, 1.165) is 22.6 Å². The van der Waals surface area contributed by atoms with Crippen LogP contribution in [0.1, 0.15) is 47.9 Å². The van der Waals surface area contributed by atoms with Crippen molar-refractivity contribution in [2.24, 2.45) is 23.7 Å². The van der Waals surface area contributed by atoms with Crippen LogP contribution in [0.15, 0.2) is 103 Å². The lowest BCUT2D eigenvalue weighted by Crippen LogP contribution is -2.53. The van der Waals surface area contributed by atoms with Gasteiger partial charge in [-0.3, -0.25) is 29.5 Å². The number of aryl methyl sites for hydroxylation is 2. The molecule has 0 bridgehead atoms. The van der Waals surface area contributed by atoms with Crippen molar-refractivity contribution < 1.29 is 33.8 Å². The Balaban J connectivity index is 1.34. The molecule has 270 valence electrons. The third-order valence-corrected chi connectivity index (χ3v) is 11.8. The predicted octanol–water partition coefficient (Wildman–Crippen LogP) is 6.47. The Labute approximate surface area is 308 Å². The number of methoxy groups -OCH3 is 2. The maximum Gasteiger partial charge on any atom is 0.260 e. The van der Waals surface area contributed by atoms with Crippen LogP contribution < -0.4 is 19.8 Å². The number of carbonyl (C=O) groups is 4. The lowest BCUT2D eigenvalue weighted by Gasteiger charge is -2.50. The van der Waals surface area contributed by atoms with Crippen molar-refractivity contribution in [3.05, 3.63) is 125 Å². The maximum absolute atomic E-state index is 15.4. The van der Waals surface area contributed by atoms with E-state index < -0.39 is 46.8 Å². The van der Waals surface area contributed by atoms with Gasteiger partial charge in [0.05, 0.1) is 48.8 Å². The van der Waals surface area contributed by atoms with Crippen molar-refractivity contribution in [2.45, 2.75) is 44.4 Å². The minimum absolute atomic E-state index is 0.135. The lowest BCUT2D eigenvalue weighted by molar-refractivity contribution is -0.138. The number of anilines is 2. The summed E-state index contributed by atoms with van der Waals surface area (Å²) in [6.07, 6.45) is 3.17. The molecule has 6 unspecified atom stereocenters. The third-order valence-electron chi connectivity index (χ3n) is 11.8. The van der Waals surface area contributed by atoms with E-state index in [4.69, 9.17) is 9.47 Å². The number of hydrazine groups is 1. The zero-order chi connectivity index (χ0) is 37.2. The van der Waals surface area contributed by atoms with E-state index in [9.17, 15) is 19.5 Å². The number of hydrogen-bond donors (Lipinski definition) is 2. The van der Waals surface area contributed by atoms with Gasteiger partial charge in [-0.2, -0.15) is 5.01 Å². The second-order valence-corrected chi connectivity index (χ2v) is 14.4. The van der Waals surface area contributed by atoms with Crippen LogP contribution in [0.4, 0.5) is 11.4 Å². The van der Waals surface area contributed by atoms with Crippen molar-refractivity contribution in [1.29, 1.82) is 0 Å². The fourth-order valence-corrected chi connectivity index (χ4v) is 9.36. The third kappa shape index (κ3) is 5.06. The molecular formula is C43H41N3O7. The first-order valence-electron chi connectivity index (χ1n) is 18.0. The average molecular weight is 712 g/mol. The van der Waals surface area contributed by atoms with E-state index in [1.165, 1.54) is 25.2 Å². The summed E-state index contributed by atoms with van der Waals surface area (Å²) in [7, 11) is 2.96. The summed E-state index contributed by atoms with van der Waals surface area (Å²) in [4.78, 5) is 60.4. The number of rotatable bonds is 8. The quantitative estimate of drug-likeness (QED) is 0.158. The molecule has 10 heteroatoms. The maximum atomic E-state index is 15.4. The molecule has 0 radical (unpaired) electrons. The van der Waals surface area contributed by atoms with Crippen LogP contribution in [0.2, 0.25) is 0 Å². The second kappa shape index (κ2) is 12.9. The average Bonchev–Trinajstić information content (AvgIpc) is 3.56. The number of ether oxygens (including phenoxy) is 2. The Morgan fingerprint density at radius 1 is 0.849 bits per heavy atom. The Morgan fingerprint density at radius 2 is 1.57 bits per heavy atom. The molecule has 4 aliphatic rings. The zero-order valence-corrected chi connectivity index (χ0v) is 30.0. The number of aromatic hydroxyl groups is 1. The van der Waals surface area contributed by atoms with Crippen molar-refractivity contribution in [2.75, 3.05) is 24.5 Å². The van der Waals surface area contributed by atoms with E-state index in [-0.39, 0.29) is 36.2 Å². The Bertz CT molecular complexity index is 2160. The number of amides is 4. The predicted molar refractivity (Wildman–Crippen MR) is 198 cm³/mol. The number of allylic oxidation sites excluding steroid dienone is 2. The summed E-state index contributed by atoms with van der Waals surface area (Å²) in [6, 6.07) is 27.1. The minimum Gasteiger partial charge on any atom is -0.507 e. The highest BCUT2D eigenvalue weighted by molar-refractivity contribution is 6.22. The van der Waals surface area contributed by atoms with Gasteiger partial charge in [0.1, 0.15) is 17.2 Å². The van der Waals surface area contributed by atoms with Gasteiger partial charge in [-0.15, -0.1) is 0 Å². The number of nitrogens with zero attached hydrogens (tertiary/aromatic N) is 2. The highest BCUT2D eigenvalue weighted by atomic mass is 16.5. The highest BCUT2D eigenvalue weighted by Gasteiger charge is 2.71. The number of hydrogen-bond acceptors (Lipinski definition) is 8. The summed E-state index contributed by atoms with van der Waals surface area (Å²) in [5, 5.41) is 13.0. The summed E-state index contributed by atoms with van der Waals surface area (Å²) in [5.41, 5.74) is 6.32. The molecular weight excluding hydrogens is 670 g/mol. The number of phenolic OH excluding ortho intramolecular Hbond substituents is 1. The summed E-state index contributed by atoms with van der Waals surface area (Å²) < 4.78 is 11.4. The van der Waals surface area contributed by atoms with Gasteiger partial charge < -0.3 is 14.6 Å². The summed E-state index contributed by atoms with van der Waals surface area (Å²) in [6.45, 7) is 3.99. The van der Waals surface area contributed by atoms with Crippen LogP contribution in [0.25, 0.3) is 0 Å². The summed E-state index contributed by atoms with van der Waals surface area (Å²) >= 11 is 0. The molecule has 4 aromatic carbocycles. The van der Waals surface area contributed by atoms with Gasteiger partial charge in [0, 0.05) is 23.6 Å². The van der Waals surface area contributed by atoms with Gasteiger partial charge in [-0.25, -0.2) is 0 Å². The van der Waals surface area contributed by atoms with Crippen LogP contribution >= 0.6 is 0 Å². The van der Waals surface area contributed by atoms with Crippen molar-refractivity contribution in [1.82, 2.24) is 5.01 Å².